The van der Waals surface area contributed by atoms with Crippen molar-refractivity contribution in [2.24, 2.45) is 5.73 Å². The van der Waals surface area contributed by atoms with Gasteiger partial charge in [-0.2, -0.15) is 5.10 Å². The summed E-state index contributed by atoms with van der Waals surface area (Å²) in [4.78, 5) is 13.4. The van der Waals surface area contributed by atoms with Gasteiger partial charge in [0.05, 0.1) is 11.7 Å². The smallest absolute Gasteiger partial charge is 0.224 e. The van der Waals surface area contributed by atoms with Crippen LogP contribution in [0.3, 0.4) is 0 Å². The Labute approximate surface area is 102 Å². The van der Waals surface area contributed by atoms with Gasteiger partial charge in [0.15, 0.2) is 0 Å². The number of carbonyl (C=O) groups excluding carboxylic acids is 1. The number of likely N-dealkylation sites (N-methyl/N-ethyl adjacent to an activating group) is 1. The molecule has 2 atom stereocenters. The summed E-state index contributed by atoms with van der Waals surface area (Å²) in [5.41, 5.74) is 8.10. The monoisotopic (exact) mass is 236 g/mol. The highest BCUT2D eigenvalue weighted by Gasteiger charge is 2.37. The number of hydrogen-bond donors (Lipinski definition) is 1. The van der Waals surface area contributed by atoms with Gasteiger partial charge in [0.25, 0.3) is 0 Å². The first-order chi connectivity index (χ1) is 8.04. The molecule has 1 aliphatic heterocycles. The lowest BCUT2D eigenvalue weighted by molar-refractivity contribution is -0.127. The Bertz CT molecular complexity index is 426. The highest BCUT2D eigenvalue weighted by molar-refractivity contribution is 5.80. The van der Waals surface area contributed by atoms with Crippen molar-refractivity contribution >= 4 is 5.91 Å². The molecule has 94 valence electrons. The minimum absolute atomic E-state index is 0.0203. The summed E-state index contributed by atoms with van der Waals surface area (Å²) in [5.74, 6) is 0.116. The fraction of sp³-hybridized carbons (Fsp3) is 0.667. The third kappa shape index (κ3) is 2.07. The number of nitrogens with zero attached hydrogens (tertiary/aromatic N) is 3. The molecule has 2 N–H and O–H groups in total. The topological polar surface area (TPSA) is 64.2 Å². The number of likely N-dealkylation sites (tertiary alicyclic amines) is 1. The van der Waals surface area contributed by atoms with E-state index >= 15 is 0 Å². The average Bonchev–Trinajstić information content (AvgIpc) is 2.71. The highest BCUT2D eigenvalue weighted by Crippen LogP contribution is 2.32. The van der Waals surface area contributed by atoms with Crippen molar-refractivity contribution in [1.29, 1.82) is 0 Å². The molecule has 0 radical (unpaired) electrons. The zero-order valence-corrected chi connectivity index (χ0v) is 10.7. The fourth-order valence-electron chi connectivity index (χ4n) is 2.51. The van der Waals surface area contributed by atoms with Crippen molar-refractivity contribution in [3.05, 3.63) is 17.5 Å². The SMILES string of the molecule is CCCn1cc(C2C(N)CC(=O)N2C)c(C)n1. The third-order valence-corrected chi connectivity index (χ3v) is 3.38. The van der Waals surface area contributed by atoms with Crippen LogP contribution in [0.15, 0.2) is 6.20 Å². The van der Waals surface area contributed by atoms with Gasteiger partial charge in [-0.3, -0.25) is 9.48 Å². The molecule has 1 aromatic heterocycles. The molecule has 0 saturated carbocycles. The quantitative estimate of drug-likeness (QED) is 0.845. The van der Waals surface area contributed by atoms with Crippen molar-refractivity contribution in [3.8, 4) is 0 Å². The van der Waals surface area contributed by atoms with E-state index in [2.05, 4.69) is 12.0 Å². The Kier molecular flexibility index (Phi) is 3.19. The average molecular weight is 236 g/mol. The number of aryl methyl sites for hydroxylation is 2. The molecule has 5 nitrogen and oxygen atoms in total. The first-order valence-electron chi connectivity index (χ1n) is 6.09. The first-order valence-corrected chi connectivity index (χ1v) is 6.09. The summed E-state index contributed by atoms with van der Waals surface area (Å²) in [5, 5.41) is 4.46. The van der Waals surface area contributed by atoms with Crippen LogP contribution in [0, 0.1) is 6.92 Å². The van der Waals surface area contributed by atoms with Crippen LogP contribution in [0.5, 0.6) is 0 Å². The molecule has 5 heteroatoms. The van der Waals surface area contributed by atoms with Gasteiger partial charge in [0.1, 0.15) is 0 Å². The van der Waals surface area contributed by atoms with Crippen LogP contribution >= 0.6 is 0 Å². The summed E-state index contributed by atoms with van der Waals surface area (Å²) in [6.45, 7) is 5.00. The second-order valence-corrected chi connectivity index (χ2v) is 4.75. The molecule has 2 rings (SSSR count). The predicted molar refractivity (Wildman–Crippen MR) is 65.4 cm³/mol. The van der Waals surface area contributed by atoms with E-state index in [1.807, 2.05) is 24.9 Å². The maximum atomic E-state index is 11.6. The van der Waals surface area contributed by atoms with E-state index in [1.165, 1.54) is 0 Å². The van der Waals surface area contributed by atoms with Crippen LogP contribution in [0.4, 0.5) is 0 Å². The summed E-state index contributed by atoms with van der Waals surface area (Å²) in [6, 6.07) is -0.140. The minimum Gasteiger partial charge on any atom is -0.337 e. The van der Waals surface area contributed by atoms with E-state index in [9.17, 15) is 4.79 Å². The summed E-state index contributed by atoms with van der Waals surface area (Å²) in [6.07, 6.45) is 3.50. The predicted octanol–water partition coefficient (Wildman–Crippen LogP) is 0.832. The zero-order valence-electron chi connectivity index (χ0n) is 10.7. The van der Waals surface area contributed by atoms with Crippen LogP contribution in [0.25, 0.3) is 0 Å². The van der Waals surface area contributed by atoms with E-state index in [0.29, 0.717) is 6.42 Å². The lowest BCUT2D eigenvalue weighted by Gasteiger charge is -2.22. The van der Waals surface area contributed by atoms with E-state index in [1.54, 1.807) is 4.90 Å². The van der Waals surface area contributed by atoms with Gasteiger partial charge in [-0.05, 0) is 13.3 Å². The second-order valence-electron chi connectivity index (χ2n) is 4.75. The van der Waals surface area contributed by atoms with Crippen molar-refractivity contribution < 1.29 is 4.79 Å². The Morgan fingerprint density at radius 1 is 1.59 bits per heavy atom. The maximum Gasteiger partial charge on any atom is 0.224 e. The third-order valence-electron chi connectivity index (χ3n) is 3.38. The zero-order chi connectivity index (χ0) is 12.6. The second kappa shape index (κ2) is 4.49. The normalized spacial score (nSPS) is 24.7. The van der Waals surface area contributed by atoms with Gasteiger partial charge in [-0.15, -0.1) is 0 Å². The summed E-state index contributed by atoms with van der Waals surface area (Å²) < 4.78 is 1.94. The standard InChI is InChI=1S/C12H20N4O/c1-4-5-16-7-9(8(2)14-16)12-10(13)6-11(17)15(12)3/h7,10,12H,4-6,13H2,1-3H3. The summed E-state index contributed by atoms with van der Waals surface area (Å²) >= 11 is 0. The molecule has 2 unspecified atom stereocenters. The van der Waals surface area contributed by atoms with Gasteiger partial charge in [0.2, 0.25) is 5.91 Å². The number of hydrogen-bond acceptors (Lipinski definition) is 3. The minimum atomic E-state index is -0.120. The fourth-order valence-corrected chi connectivity index (χ4v) is 2.51. The lowest BCUT2D eigenvalue weighted by Crippen LogP contribution is -2.30. The number of nitrogens with two attached hydrogens (primary N) is 1. The molecule has 0 aromatic carbocycles. The number of aromatic nitrogens is 2. The highest BCUT2D eigenvalue weighted by atomic mass is 16.2. The van der Waals surface area contributed by atoms with E-state index in [4.69, 9.17) is 5.73 Å². The van der Waals surface area contributed by atoms with Crippen molar-refractivity contribution in [1.82, 2.24) is 14.7 Å². The van der Waals surface area contributed by atoms with Crippen LogP contribution in [-0.4, -0.2) is 33.7 Å². The number of rotatable bonds is 3. The molecular formula is C12H20N4O. The van der Waals surface area contributed by atoms with E-state index in [-0.39, 0.29) is 18.0 Å². The van der Waals surface area contributed by atoms with Crippen LogP contribution in [-0.2, 0) is 11.3 Å². The molecule has 1 saturated heterocycles. The Hall–Kier alpha value is -1.36. The summed E-state index contributed by atoms with van der Waals surface area (Å²) in [7, 11) is 1.82. The molecule has 0 spiro atoms. The van der Waals surface area contributed by atoms with Crippen LogP contribution < -0.4 is 5.73 Å². The molecule has 1 aromatic rings. The molecule has 0 aliphatic carbocycles. The molecule has 0 bridgehead atoms. The first kappa shape index (κ1) is 12.1. The molecule has 1 amide bonds. The van der Waals surface area contributed by atoms with Gasteiger partial charge in [-0.1, -0.05) is 6.92 Å². The van der Waals surface area contributed by atoms with Gasteiger partial charge >= 0.3 is 0 Å². The molecule has 1 fully saturated rings. The number of carbonyl (C=O) groups is 1. The molecular weight excluding hydrogens is 216 g/mol. The molecule has 2 heterocycles. The maximum absolute atomic E-state index is 11.6. The van der Waals surface area contributed by atoms with E-state index < -0.39 is 0 Å². The van der Waals surface area contributed by atoms with Crippen molar-refractivity contribution in [3.63, 3.8) is 0 Å². The Morgan fingerprint density at radius 3 is 2.82 bits per heavy atom. The van der Waals surface area contributed by atoms with Gasteiger partial charge in [-0.25, -0.2) is 0 Å². The van der Waals surface area contributed by atoms with E-state index in [0.717, 1.165) is 24.2 Å². The number of amides is 1. The van der Waals surface area contributed by atoms with Crippen molar-refractivity contribution in [2.75, 3.05) is 7.05 Å². The van der Waals surface area contributed by atoms with Crippen LogP contribution in [0.2, 0.25) is 0 Å². The Balaban J connectivity index is 2.30. The van der Waals surface area contributed by atoms with Gasteiger partial charge in [0, 0.05) is 37.8 Å². The molecule has 1 aliphatic rings. The lowest BCUT2D eigenvalue weighted by atomic mass is 10.0. The van der Waals surface area contributed by atoms with Gasteiger partial charge < -0.3 is 10.6 Å². The van der Waals surface area contributed by atoms with Crippen LogP contribution in [0.1, 0.15) is 37.1 Å². The van der Waals surface area contributed by atoms with Crippen molar-refractivity contribution in [2.45, 2.75) is 45.3 Å². The largest absolute Gasteiger partial charge is 0.337 e. The Morgan fingerprint density at radius 2 is 2.29 bits per heavy atom. The molecule has 17 heavy (non-hydrogen) atoms.